The number of halogens is 1. The van der Waals surface area contributed by atoms with Gasteiger partial charge in [-0.1, -0.05) is 18.2 Å². The van der Waals surface area contributed by atoms with E-state index in [9.17, 15) is 9.18 Å². The summed E-state index contributed by atoms with van der Waals surface area (Å²) in [5, 5.41) is 4.33. The van der Waals surface area contributed by atoms with Gasteiger partial charge in [-0.3, -0.25) is 4.79 Å². The third kappa shape index (κ3) is 2.60. The molecule has 2 aromatic heterocycles. The van der Waals surface area contributed by atoms with Gasteiger partial charge in [0.05, 0.1) is 11.2 Å². The van der Waals surface area contributed by atoms with Gasteiger partial charge in [0.2, 0.25) is 0 Å². The molecule has 5 nitrogen and oxygen atoms in total. The standard InChI is InChI=1S/C18H17FN4O/c19-15-6-1-2-7-17(15)21-9-11-22(12-10-21)18(24)16-13-14-5-3-4-8-23(14)20-16/h1-8,13H,9-12H2. The molecular weight excluding hydrogens is 307 g/mol. The summed E-state index contributed by atoms with van der Waals surface area (Å²) in [5.41, 5.74) is 1.93. The lowest BCUT2D eigenvalue weighted by Gasteiger charge is -2.35. The highest BCUT2D eigenvalue weighted by molar-refractivity contribution is 5.93. The van der Waals surface area contributed by atoms with Crippen molar-refractivity contribution in [2.45, 2.75) is 0 Å². The van der Waals surface area contributed by atoms with E-state index >= 15 is 0 Å². The van der Waals surface area contributed by atoms with Gasteiger partial charge in [0, 0.05) is 32.4 Å². The zero-order valence-electron chi connectivity index (χ0n) is 13.1. The van der Waals surface area contributed by atoms with Crippen molar-refractivity contribution in [3.8, 4) is 0 Å². The van der Waals surface area contributed by atoms with E-state index in [1.807, 2.05) is 35.4 Å². The predicted octanol–water partition coefficient (Wildman–Crippen LogP) is 2.44. The summed E-state index contributed by atoms with van der Waals surface area (Å²) >= 11 is 0. The Morgan fingerprint density at radius 3 is 2.50 bits per heavy atom. The fourth-order valence-corrected chi connectivity index (χ4v) is 3.06. The number of fused-ring (bicyclic) bond motifs is 1. The van der Waals surface area contributed by atoms with Gasteiger partial charge in [0.1, 0.15) is 5.82 Å². The summed E-state index contributed by atoms with van der Waals surface area (Å²) in [6, 6.07) is 14.2. The number of anilines is 1. The first-order chi connectivity index (χ1) is 11.7. The Hall–Kier alpha value is -2.89. The van der Waals surface area contributed by atoms with Crippen LogP contribution in [0.2, 0.25) is 0 Å². The number of carbonyl (C=O) groups excluding carboxylic acids is 1. The van der Waals surface area contributed by atoms with Crippen LogP contribution < -0.4 is 4.90 Å². The Bertz CT molecular complexity index is 850. The minimum absolute atomic E-state index is 0.0770. The number of benzene rings is 1. The van der Waals surface area contributed by atoms with Crippen molar-refractivity contribution >= 4 is 17.1 Å². The zero-order valence-corrected chi connectivity index (χ0v) is 13.1. The van der Waals surface area contributed by atoms with Crippen LogP contribution in [-0.4, -0.2) is 46.6 Å². The second kappa shape index (κ2) is 5.96. The first-order valence-electron chi connectivity index (χ1n) is 7.95. The molecule has 0 aliphatic carbocycles. The molecule has 1 aromatic carbocycles. The maximum atomic E-state index is 13.9. The Kier molecular flexibility index (Phi) is 3.65. The van der Waals surface area contributed by atoms with Crippen LogP contribution in [0.3, 0.4) is 0 Å². The normalized spacial score (nSPS) is 15.0. The fourth-order valence-electron chi connectivity index (χ4n) is 3.06. The maximum absolute atomic E-state index is 13.9. The second-order valence-electron chi connectivity index (χ2n) is 5.83. The Morgan fingerprint density at radius 2 is 1.75 bits per heavy atom. The molecule has 1 aliphatic heterocycles. The van der Waals surface area contributed by atoms with E-state index in [0.717, 1.165) is 5.52 Å². The number of pyridine rings is 1. The van der Waals surface area contributed by atoms with Gasteiger partial charge in [0.25, 0.3) is 5.91 Å². The molecule has 3 heterocycles. The molecule has 0 spiro atoms. The molecule has 0 unspecified atom stereocenters. The van der Waals surface area contributed by atoms with E-state index in [1.165, 1.54) is 6.07 Å². The highest BCUT2D eigenvalue weighted by Crippen LogP contribution is 2.20. The molecule has 6 heteroatoms. The number of hydrogen-bond donors (Lipinski definition) is 0. The van der Waals surface area contributed by atoms with Crippen LogP contribution in [0.1, 0.15) is 10.5 Å². The monoisotopic (exact) mass is 324 g/mol. The van der Waals surface area contributed by atoms with Crippen molar-refractivity contribution in [3.63, 3.8) is 0 Å². The molecule has 1 saturated heterocycles. The van der Waals surface area contributed by atoms with E-state index in [1.54, 1.807) is 27.6 Å². The second-order valence-corrected chi connectivity index (χ2v) is 5.83. The van der Waals surface area contributed by atoms with Gasteiger partial charge in [-0.15, -0.1) is 0 Å². The summed E-state index contributed by atoms with van der Waals surface area (Å²) in [5.74, 6) is -0.301. The lowest BCUT2D eigenvalue weighted by Crippen LogP contribution is -2.49. The molecule has 0 bridgehead atoms. The SMILES string of the molecule is O=C(c1cc2ccccn2n1)N1CCN(c2ccccc2F)CC1. The lowest BCUT2D eigenvalue weighted by atomic mass is 10.2. The Morgan fingerprint density at radius 1 is 1.00 bits per heavy atom. The van der Waals surface area contributed by atoms with Gasteiger partial charge in [0.15, 0.2) is 5.69 Å². The average molecular weight is 324 g/mol. The number of amides is 1. The molecule has 1 aliphatic rings. The summed E-state index contributed by atoms with van der Waals surface area (Å²) in [7, 11) is 0. The van der Waals surface area contributed by atoms with Gasteiger partial charge >= 0.3 is 0 Å². The van der Waals surface area contributed by atoms with Gasteiger partial charge < -0.3 is 9.80 Å². The molecular formula is C18H17FN4O. The number of carbonyl (C=O) groups is 1. The number of hydrogen-bond acceptors (Lipinski definition) is 3. The van der Waals surface area contributed by atoms with Crippen molar-refractivity contribution in [2.24, 2.45) is 0 Å². The Labute approximate surface area is 138 Å². The molecule has 0 saturated carbocycles. The van der Waals surface area contributed by atoms with E-state index in [2.05, 4.69) is 5.10 Å². The zero-order chi connectivity index (χ0) is 16.5. The first kappa shape index (κ1) is 14.7. The van der Waals surface area contributed by atoms with Crippen LogP contribution in [0.15, 0.2) is 54.7 Å². The van der Waals surface area contributed by atoms with Crippen LogP contribution in [0.25, 0.3) is 5.52 Å². The summed E-state index contributed by atoms with van der Waals surface area (Å²) < 4.78 is 15.6. The summed E-state index contributed by atoms with van der Waals surface area (Å²) in [4.78, 5) is 16.4. The molecule has 1 amide bonds. The van der Waals surface area contributed by atoms with E-state index in [4.69, 9.17) is 0 Å². The first-order valence-corrected chi connectivity index (χ1v) is 7.95. The minimum atomic E-state index is -0.224. The number of para-hydroxylation sites is 1. The number of rotatable bonds is 2. The maximum Gasteiger partial charge on any atom is 0.274 e. The van der Waals surface area contributed by atoms with Crippen molar-refractivity contribution in [3.05, 3.63) is 66.2 Å². The molecule has 24 heavy (non-hydrogen) atoms. The third-order valence-electron chi connectivity index (χ3n) is 4.35. The molecule has 0 atom stereocenters. The van der Waals surface area contributed by atoms with Gasteiger partial charge in [-0.05, 0) is 30.3 Å². The molecule has 4 rings (SSSR count). The van der Waals surface area contributed by atoms with Gasteiger partial charge in [-0.2, -0.15) is 5.10 Å². The predicted molar refractivity (Wildman–Crippen MR) is 89.7 cm³/mol. The van der Waals surface area contributed by atoms with Crippen LogP contribution >= 0.6 is 0 Å². The van der Waals surface area contributed by atoms with Crippen molar-refractivity contribution in [1.29, 1.82) is 0 Å². The molecule has 0 radical (unpaired) electrons. The van der Waals surface area contributed by atoms with Crippen LogP contribution in [-0.2, 0) is 0 Å². The molecule has 122 valence electrons. The smallest absolute Gasteiger partial charge is 0.274 e. The molecule has 0 N–H and O–H groups in total. The van der Waals surface area contributed by atoms with Crippen LogP contribution in [0.5, 0.6) is 0 Å². The molecule has 3 aromatic rings. The van der Waals surface area contributed by atoms with Crippen molar-refractivity contribution in [1.82, 2.24) is 14.5 Å². The Balaban J connectivity index is 1.47. The van der Waals surface area contributed by atoms with E-state index in [0.29, 0.717) is 37.6 Å². The van der Waals surface area contributed by atoms with E-state index in [-0.39, 0.29) is 11.7 Å². The molecule has 1 fully saturated rings. The van der Waals surface area contributed by atoms with Crippen molar-refractivity contribution < 1.29 is 9.18 Å². The van der Waals surface area contributed by atoms with Crippen molar-refractivity contribution in [2.75, 3.05) is 31.1 Å². The lowest BCUT2D eigenvalue weighted by molar-refractivity contribution is 0.0740. The van der Waals surface area contributed by atoms with Gasteiger partial charge in [-0.25, -0.2) is 8.91 Å². The number of nitrogens with zero attached hydrogens (tertiary/aromatic N) is 4. The highest BCUT2D eigenvalue weighted by atomic mass is 19.1. The third-order valence-corrected chi connectivity index (χ3v) is 4.35. The minimum Gasteiger partial charge on any atom is -0.366 e. The topological polar surface area (TPSA) is 40.9 Å². The number of piperazine rings is 1. The summed E-state index contributed by atoms with van der Waals surface area (Å²) in [6.07, 6.45) is 1.82. The van der Waals surface area contributed by atoms with E-state index < -0.39 is 0 Å². The quantitative estimate of drug-likeness (QED) is 0.727. The number of aromatic nitrogens is 2. The van der Waals surface area contributed by atoms with Crippen LogP contribution in [0, 0.1) is 5.82 Å². The largest absolute Gasteiger partial charge is 0.366 e. The average Bonchev–Trinajstić information content (AvgIpc) is 3.06. The fraction of sp³-hybridized carbons (Fsp3) is 0.222. The highest BCUT2D eigenvalue weighted by Gasteiger charge is 2.25. The van der Waals surface area contributed by atoms with Crippen LogP contribution in [0.4, 0.5) is 10.1 Å². The summed E-state index contributed by atoms with van der Waals surface area (Å²) in [6.45, 7) is 2.34.